The molecule has 1 heterocycles. The molecule has 0 spiro atoms. The van der Waals surface area contributed by atoms with Gasteiger partial charge in [0.15, 0.2) is 6.10 Å². The molecule has 1 atom stereocenters. The van der Waals surface area contributed by atoms with E-state index in [1.165, 1.54) is 10.4 Å². The lowest BCUT2D eigenvalue weighted by Gasteiger charge is -2.24. The topological polar surface area (TPSA) is 83.9 Å². The van der Waals surface area contributed by atoms with Crippen LogP contribution in [-0.2, 0) is 21.2 Å². The van der Waals surface area contributed by atoms with E-state index in [4.69, 9.17) is 9.84 Å². The first-order chi connectivity index (χ1) is 9.89. The maximum Gasteiger partial charge on any atom is 0.344 e. The van der Waals surface area contributed by atoms with Crippen LogP contribution in [0, 0.1) is 0 Å². The maximum absolute atomic E-state index is 12.5. The van der Waals surface area contributed by atoms with Gasteiger partial charge < -0.3 is 9.84 Å². The number of benzene rings is 1. The Balaban J connectivity index is 1.89. The number of carbonyl (C=O) groups is 1. The van der Waals surface area contributed by atoms with Gasteiger partial charge in [-0.3, -0.25) is 0 Å². The van der Waals surface area contributed by atoms with Gasteiger partial charge in [-0.15, -0.1) is 0 Å². The Morgan fingerprint density at radius 3 is 2.67 bits per heavy atom. The van der Waals surface area contributed by atoms with Gasteiger partial charge in [-0.25, -0.2) is 13.2 Å². The summed E-state index contributed by atoms with van der Waals surface area (Å²) in [6, 6.07) is 4.75. The number of nitrogens with zero attached hydrogens (tertiary/aromatic N) is 1. The van der Waals surface area contributed by atoms with E-state index in [2.05, 4.69) is 0 Å². The molecule has 1 aromatic carbocycles. The van der Waals surface area contributed by atoms with Crippen LogP contribution >= 0.6 is 0 Å². The van der Waals surface area contributed by atoms with E-state index in [1.54, 1.807) is 19.2 Å². The summed E-state index contributed by atoms with van der Waals surface area (Å²) in [5.74, 6) is -0.535. The first kappa shape index (κ1) is 14.3. The number of aliphatic carboxylic acids is 1. The number of hydrogen-bond acceptors (Lipinski definition) is 4. The smallest absolute Gasteiger partial charge is 0.344 e. The largest absolute Gasteiger partial charge is 0.479 e. The predicted molar refractivity (Wildman–Crippen MR) is 74.8 cm³/mol. The molecule has 7 heteroatoms. The predicted octanol–water partition coefficient (Wildman–Crippen LogP) is 1.25. The molecule has 0 unspecified atom stereocenters. The quantitative estimate of drug-likeness (QED) is 0.904. The summed E-state index contributed by atoms with van der Waals surface area (Å²) in [4.78, 5) is 11.2. The fourth-order valence-electron chi connectivity index (χ4n) is 2.50. The number of carboxylic acid groups (broad SMARTS) is 1. The van der Waals surface area contributed by atoms with E-state index in [9.17, 15) is 13.2 Å². The zero-order valence-electron chi connectivity index (χ0n) is 11.7. The second-order valence-electron chi connectivity index (χ2n) is 5.51. The van der Waals surface area contributed by atoms with Gasteiger partial charge in [0, 0.05) is 13.1 Å². The van der Waals surface area contributed by atoms with Crippen molar-refractivity contribution in [1.82, 2.24) is 4.31 Å². The van der Waals surface area contributed by atoms with Crippen molar-refractivity contribution in [3.63, 3.8) is 0 Å². The van der Waals surface area contributed by atoms with Crippen molar-refractivity contribution in [3.05, 3.63) is 23.8 Å². The normalized spacial score (nSPS) is 21.7. The number of ether oxygens (including phenoxy) is 1. The maximum atomic E-state index is 12.5. The van der Waals surface area contributed by atoms with Crippen molar-refractivity contribution in [3.8, 4) is 5.75 Å². The lowest BCUT2D eigenvalue weighted by molar-refractivity contribution is -0.145. The summed E-state index contributed by atoms with van der Waals surface area (Å²) in [5, 5.41) is 8.96. The molecule has 1 aliphatic heterocycles. The van der Waals surface area contributed by atoms with Crippen LogP contribution in [-0.4, -0.2) is 43.0 Å². The summed E-state index contributed by atoms with van der Waals surface area (Å²) < 4.78 is 31.7. The molecular formula is C14H17NO5S. The van der Waals surface area contributed by atoms with Gasteiger partial charge in [0.25, 0.3) is 0 Å². The van der Waals surface area contributed by atoms with E-state index < -0.39 is 22.1 Å². The van der Waals surface area contributed by atoms with Crippen LogP contribution in [0.25, 0.3) is 0 Å². The minimum atomic E-state index is -3.48. The fourth-order valence-corrected chi connectivity index (χ4v) is 3.97. The Hall–Kier alpha value is -1.60. The standard InChI is InChI=1S/C14H17NO5S/c1-15(10-3-4-10)21(18,19)11-5-7-12-9(8-11)2-6-13(20-12)14(16)17/h5,7-8,10,13H,2-4,6H2,1H3,(H,16,17)/t13-/m1/s1. The minimum absolute atomic E-state index is 0.110. The molecule has 1 fully saturated rings. The third-order valence-corrected chi connectivity index (χ3v) is 5.90. The highest BCUT2D eigenvalue weighted by Crippen LogP contribution is 2.34. The zero-order chi connectivity index (χ0) is 15.2. The highest BCUT2D eigenvalue weighted by Gasteiger charge is 2.35. The van der Waals surface area contributed by atoms with Crippen molar-refractivity contribution in [1.29, 1.82) is 0 Å². The van der Waals surface area contributed by atoms with E-state index >= 15 is 0 Å². The molecule has 0 bridgehead atoms. The lowest BCUT2D eigenvalue weighted by Crippen LogP contribution is -2.31. The Labute approximate surface area is 123 Å². The van der Waals surface area contributed by atoms with Gasteiger partial charge in [-0.2, -0.15) is 4.31 Å². The Kier molecular flexibility index (Phi) is 3.41. The number of hydrogen-bond donors (Lipinski definition) is 1. The van der Waals surface area contributed by atoms with Gasteiger partial charge in [-0.1, -0.05) is 0 Å². The average molecular weight is 311 g/mol. The molecule has 2 aliphatic rings. The number of carboxylic acids is 1. The van der Waals surface area contributed by atoms with Crippen LogP contribution in [0.4, 0.5) is 0 Å². The van der Waals surface area contributed by atoms with E-state index in [-0.39, 0.29) is 10.9 Å². The monoisotopic (exact) mass is 311 g/mol. The molecule has 0 radical (unpaired) electrons. The minimum Gasteiger partial charge on any atom is -0.479 e. The van der Waals surface area contributed by atoms with Gasteiger partial charge in [-0.05, 0) is 49.4 Å². The molecule has 6 nitrogen and oxygen atoms in total. The van der Waals surface area contributed by atoms with Crippen molar-refractivity contribution in [2.45, 2.75) is 42.7 Å². The molecule has 114 valence electrons. The Morgan fingerprint density at radius 1 is 1.33 bits per heavy atom. The van der Waals surface area contributed by atoms with Crippen LogP contribution in [0.2, 0.25) is 0 Å². The second-order valence-corrected chi connectivity index (χ2v) is 7.50. The molecule has 1 aliphatic carbocycles. The van der Waals surface area contributed by atoms with Crippen molar-refractivity contribution < 1.29 is 23.1 Å². The zero-order valence-corrected chi connectivity index (χ0v) is 12.5. The molecule has 1 N–H and O–H groups in total. The van der Waals surface area contributed by atoms with Gasteiger partial charge in [0.2, 0.25) is 10.0 Å². The third-order valence-electron chi connectivity index (χ3n) is 3.99. The first-order valence-corrected chi connectivity index (χ1v) is 8.34. The summed E-state index contributed by atoms with van der Waals surface area (Å²) in [5.41, 5.74) is 0.748. The number of fused-ring (bicyclic) bond motifs is 1. The van der Waals surface area contributed by atoms with Gasteiger partial charge in [0.1, 0.15) is 5.75 Å². The lowest BCUT2D eigenvalue weighted by atomic mass is 10.0. The van der Waals surface area contributed by atoms with Crippen LogP contribution < -0.4 is 4.74 Å². The highest BCUT2D eigenvalue weighted by molar-refractivity contribution is 7.89. The van der Waals surface area contributed by atoms with E-state index in [1.807, 2.05) is 0 Å². The summed E-state index contributed by atoms with van der Waals surface area (Å²) in [6.07, 6.45) is 1.82. The number of aryl methyl sites for hydroxylation is 1. The van der Waals surface area contributed by atoms with E-state index in [0.717, 1.165) is 18.4 Å². The number of rotatable bonds is 4. The Bertz CT molecular complexity index is 681. The average Bonchev–Trinajstić information content (AvgIpc) is 3.29. The highest BCUT2D eigenvalue weighted by atomic mass is 32.2. The number of sulfonamides is 1. The first-order valence-electron chi connectivity index (χ1n) is 6.90. The molecule has 0 saturated heterocycles. The molecule has 0 aromatic heterocycles. The summed E-state index contributed by atoms with van der Waals surface area (Å²) in [7, 11) is -1.88. The van der Waals surface area contributed by atoms with Crippen LogP contribution in [0.5, 0.6) is 5.75 Å². The SMILES string of the molecule is CN(C1CC1)S(=O)(=O)c1ccc2c(c1)CC[C@H](C(=O)O)O2. The van der Waals surface area contributed by atoms with E-state index in [0.29, 0.717) is 18.6 Å². The fraction of sp³-hybridized carbons (Fsp3) is 0.500. The molecule has 21 heavy (non-hydrogen) atoms. The Morgan fingerprint density at radius 2 is 2.05 bits per heavy atom. The van der Waals surface area contributed by atoms with Crippen molar-refractivity contribution >= 4 is 16.0 Å². The van der Waals surface area contributed by atoms with Crippen LogP contribution in [0.3, 0.4) is 0 Å². The molecule has 0 amide bonds. The van der Waals surface area contributed by atoms with Crippen molar-refractivity contribution in [2.24, 2.45) is 0 Å². The summed E-state index contributed by atoms with van der Waals surface area (Å²) >= 11 is 0. The second kappa shape index (κ2) is 4.99. The molecule has 1 aromatic rings. The summed E-state index contributed by atoms with van der Waals surface area (Å²) in [6.45, 7) is 0. The van der Waals surface area contributed by atoms with Crippen LogP contribution in [0.1, 0.15) is 24.8 Å². The molecular weight excluding hydrogens is 294 g/mol. The van der Waals surface area contributed by atoms with Crippen LogP contribution in [0.15, 0.2) is 23.1 Å². The third kappa shape index (κ3) is 2.63. The van der Waals surface area contributed by atoms with Gasteiger partial charge in [0.05, 0.1) is 4.90 Å². The molecule has 3 rings (SSSR count). The van der Waals surface area contributed by atoms with Gasteiger partial charge >= 0.3 is 5.97 Å². The van der Waals surface area contributed by atoms with Crippen molar-refractivity contribution in [2.75, 3.05) is 7.05 Å². The molecule has 1 saturated carbocycles.